The Labute approximate surface area is 86.0 Å². The summed E-state index contributed by atoms with van der Waals surface area (Å²) in [5.74, 6) is 0. The molecule has 0 bridgehead atoms. The molecule has 1 unspecified atom stereocenters. The monoisotopic (exact) mass is 200 g/mol. The van der Waals surface area contributed by atoms with Crippen LogP contribution in [-0.2, 0) is 14.2 Å². The molecule has 0 aromatic carbocycles. The summed E-state index contributed by atoms with van der Waals surface area (Å²) in [5, 5.41) is 0. The van der Waals surface area contributed by atoms with Crippen molar-refractivity contribution < 1.29 is 14.2 Å². The highest BCUT2D eigenvalue weighted by atomic mass is 16.7. The van der Waals surface area contributed by atoms with Crippen molar-refractivity contribution in [2.75, 3.05) is 19.8 Å². The van der Waals surface area contributed by atoms with Gasteiger partial charge in [-0.1, -0.05) is 13.0 Å². The van der Waals surface area contributed by atoms with Crippen LogP contribution in [0.1, 0.15) is 32.6 Å². The van der Waals surface area contributed by atoms with E-state index in [2.05, 4.69) is 6.92 Å². The summed E-state index contributed by atoms with van der Waals surface area (Å²) in [6, 6.07) is 0. The van der Waals surface area contributed by atoms with E-state index in [1.807, 2.05) is 6.08 Å². The van der Waals surface area contributed by atoms with Gasteiger partial charge < -0.3 is 14.2 Å². The van der Waals surface area contributed by atoms with Gasteiger partial charge in [0.25, 0.3) is 0 Å². The number of hydrogen-bond donors (Lipinski definition) is 0. The fourth-order valence-corrected chi connectivity index (χ4v) is 1.30. The fraction of sp³-hybridized carbons (Fsp3) is 0.818. The van der Waals surface area contributed by atoms with Gasteiger partial charge in [-0.25, -0.2) is 0 Å². The van der Waals surface area contributed by atoms with Crippen molar-refractivity contribution in [2.24, 2.45) is 0 Å². The second-order valence-electron chi connectivity index (χ2n) is 3.32. The van der Waals surface area contributed by atoms with Crippen LogP contribution in [0.2, 0.25) is 0 Å². The Morgan fingerprint density at radius 2 is 2.29 bits per heavy atom. The number of ether oxygens (including phenoxy) is 3. The topological polar surface area (TPSA) is 27.7 Å². The van der Waals surface area contributed by atoms with E-state index in [-0.39, 0.29) is 6.29 Å². The minimum Gasteiger partial charge on any atom is -0.499 e. The van der Waals surface area contributed by atoms with Crippen molar-refractivity contribution in [3.8, 4) is 0 Å². The van der Waals surface area contributed by atoms with Gasteiger partial charge in [-0.15, -0.1) is 0 Å². The lowest BCUT2D eigenvalue weighted by Crippen LogP contribution is -2.23. The Kier molecular flexibility index (Phi) is 6.45. The van der Waals surface area contributed by atoms with E-state index in [1.54, 1.807) is 6.26 Å². The minimum absolute atomic E-state index is 0.00232. The van der Waals surface area contributed by atoms with Gasteiger partial charge >= 0.3 is 0 Å². The molecule has 1 rings (SSSR count). The molecule has 1 fully saturated rings. The first kappa shape index (κ1) is 11.5. The third-order valence-electron chi connectivity index (χ3n) is 2.07. The molecule has 0 amide bonds. The highest BCUT2D eigenvalue weighted by Crippen LogP contribution is 2.13. The van der Waals surface area contributed by atoms with Crippen molar-refractivity contribution in [3.63, 3.8) is 0 Å². The molecule has 1 saturated heterocycles. The van der Waals surface area contributed by atoms with E-state index in [0.717, 1.165) is 25.9 Å². The lowest BCUT2D eigenvalue weighted by atomic mass is 10.2. The van der Waals surface area contributed by atoms with Gasteiger partial charge in [0.2, 0.25) is 0 Å². The van der Waals surface area contributed by atoms with Crippen LogP contribution in [0.5, 0.6) is 0 Å². The highest BCUT2D eigenvalue weighted by Gasteiger charge is 2.13. The molecule has 1 aliphatic rings. The Morgan fingerprint density at radius 3 is 3.00 bits per heavy atom. The summed E-state index contributed by atoms with van der Waals surface area (Å²) < 4.78 is 16.1. The predicted octanol–water partition coefficient (Wildman–Crippen LogP) is 2.47. The van der Waals surface area contributed by atoms with E-state index in [1.165, 1.54) is 6.42 Å². The molecular formula is C11H20O3. The number of rotatable bonds is 6. The Bertz CT molecular complexity index is 151. The van der Waals surface area contributed by atoms with Gasteiger partial charge in [-0.2, -0.15) is 0 Å². The molecule has 0 aromatic rings. The lowest BCUT2D eigenvalue weighted by molar-refractivity contribution is -0.166. The van der Waals surface area contributed by atoms with E-state index in [9.17, 15) is 0 Å². The van der Waals surface area contributed by atoms with E-state index in [0.29, 0.717) is 13.2 Å². The molecule has 0 N–H and O–H groups in total. The fourth-order valence-electron chi connectivity index (χ4n) is 1.30. The highest BCUT2D eigenvalue weighted by molar-refractivity contribution is 4.70. The molecule has 0 aromatic heterocycles. The van der Waals surface area contributed by atoms with Crippen molar-refractivity contribution in [3.05, 3.63) is 12.3 Å². The van der Waals surface area contributed by atoms with Gasteiger partial charge in [-0.05, 0) is 25.7 Å². The number of allylic oxidation sites excluding steroid dienone is 1. The third-order valence-corrected chi connectivity index (χ3v) is 2.07. The first-order valence-electron chi connectivity index (χ1n) is 5.43. The molecule has 0 radical (unpaired) electrons. The molecule has 1 heterocycles. The minimum atomic E-state index is 0.00232. The quantitative estimate of drug-likeness (QED) is 0.487. The van der Waals surface area contributed by atoms with Gasteiger partial charge in [-0.3, -0.25) is 0 Å². The van der Waals surface area contributed by atoms with Crippen LogP contribution in [-0.4, -0.2) is 26.1 Å². The zero-order valence-electron chi connectivity index (χ0n) is 8.91. The Morgan fingerprint density at radius 1 is 1.36 bits per heavy atom. The zero-order chi connectivity index (χ0) is 10.1. The summed E-state index contributed by atoms with van der Waals surface area (Å²) in [5.41, 5.74) is 0. The van der Waals surface area contributed by atoms with Crippen LogP contribution in [0.4, 0.5) is 0 Å². The van der Waals surface area contributed by atoms with Gasteiger partial charge in [0, 0.05) is 6.61 Å². The van der Waals surface area contributed by atoms with Crippen LogP contribution in [0.3, 0.4) is 0 Å². The predicted molar refractivity (Wildman–Crippen MR) is 54.9 cm³/mol. The van der Waals surface area contributed by atoms with Crippen LogP contribution in [0.15, 0.2) is 12.3 Å². The molecular weight excluding hydrogens is 180 g/mol. The standard InChI is InChI=1S/C11H20O3/c1-2-3-7-12-9-10-14-11-6-4-5-8-13-11/h3,7,11H,2,4-6,8-10H2,1H3/b7-3-. The van der Waals surface area contributed by atoms with Gasteiger partial charge in [0.15, 0.2) is 6.29 Å². The van der Waals surface area contributed by atoms with Crippen molar-refractivity contribution in [1.82, 2.24) is 0 Å². The molecule has 0 saturated carbocycles. The Hall–Kier alpha value is -0.540. The van der Waals surface area contributed by atoms with Crippen LogP contribution >= 0.6 is 0 Å². The maximum Gasteiger partial charge on any atom is 0.157 e. The second-order valence-corrected chi connectivity index (χ2v) is 3.32. The average molecular weight is 200 g/mol. The smallest absolute Gasteiger partial charge is 0.157 e. The zero-order valence-corrected chi connectivity index (χ0v) is 8.91. The Balaban J connectivity index is 1.89. The maximum atomic E-state index is 5.48. The van der Waals surface area contributed by atoms with Gasteiger partial charge in [0.05, 0.1) is 12.9 Å². The summed E-state index contributed by atoms with van der Waals surface area (Å²) in [6.07, 6.45) is 8.11. The first-order chi connectivity index (χ1) is 6.93. The normalized spacial score (nSPS) is 22.8. The summed E-state index contributed by atoms with van der Waals surface area (Å²) in [6.45, 7) is 4.13. The average Bonchev–Trinajstić information content (AvgIpc) is 2.25. The third kappa shape index (κ3) is 5.25. The van der Waals surface area contributed by atoms with E-state index >= 15 is 0 Å². The van der Waals surface area contributed by atoms with Crippen molar-refractivity contribution in [2.45, 2.75) is 38.9 Å². The SMILES string of the molecule is CC/C=C\OCCOC1CCCCO1. The van der Waals surface area contributed by atoms with E-state index in [4.69, 9.17) is 14.2 Å². The summed E-state index contributed by atoms with van der Waals surface area (Å²) >= 11 is 0. The van der Waals surface area contributed by atoms with Crippen LogP contribution in [0, 0.1) is 0 Å². The largest absolute Gasteiger partial charge is 0.499 e. The maximum absolute atomic E-state index is 5.48. The number of hydrogen-bond acceptors (Lipinski definition) is 3. The molecule has 0 aliphatic carbocycles. The van der Waals surface area contributed by atoms with Gasteiger partial charge in [0.1, 0.15) is 6.61 Å². The summed E-state index contributed by atoms with van der Waals surface area (Å²) in [4.78, 5) is 0. The lowest BCUT2D eigenvalue weighted by Gasteiger charge is -2.22. The molecule has 14 heavy (non-hydrogen) atoms. The van der Waals surface area contributed by atoms with E-state index < -0.39 is 0 Å². The molecule has 3 heteroatoms. The van der Waals surface area contributed by atoms with Crippen molar-refractivity contribution in [1.29, 1.82) is 0 Å². The van der Waals surface area contributed by atoms with Crippen LogP contribution in [0.25, 0.3) is 0 Å². The molecule has 82 valence electrons. The molecule has 0 spiro atoms. The van der Waals surface area contributed by atoms with Crippen molar-refractivity contribution >= 4 is 0 Å². The van der Waals surface area contributed by atoms with Crippen LogP contribution < -0.4 is 0 Å². The molecule has 1 aliphatic heterocycles. The second kappa shape index (κ2) is 7.83. The first-order valence-corrected chi connectivity index (χ1v) is 5.43. The molecule has 1 atom stereocenters. The summed E-state index contributed by atoms with van der Waals surface area (Å²) in [7, 11) is 0. The molecule has 3 nitrogen and oxygen atoms in total.